The molecule has 0 fully saturated rings. The second kappa shape index (κ2) is 8.89. The quantitative estimate of drug-likeness (QED) is 0.390. The molecule has 1 aromatic rings. The van der Waals surface area contributed by atoms with E-state index in [1.165, 1.54) is 7.11 Å². The van der Waals surface area contributed by atoms with Crippen molar-refractivity contribution < 1.29 is 33.7 Å². The Hall–Kier alpha value is -2.84. The Morgan fingerprint density at radius 2 is 1.80 bits per heavy atom. The van der Waals surface area contributed by atoms with Gasteiger partial charge in [0.15, 0.2) is 5.41 Å². The maximum Gasteiger partial charge on any atom is 0.407 e. The van der Waals surface area contributed by atoms with Crippen molar-refractivity contribution in [3.05, 3.63) is 22.4 Å². The summed E-state index contributed by atoms with van der Waals surface area (Å²) >= 11 is 0. The average molecular weight is 422 g/mol. The fraction of sp³-hybridized carbons (Fsp3) is 0.619. The number of carbonyl (C=O) groups is 3. The van der Waals surface area contributed by atoms with Crippen molar-refractivity contribution in [1.29, 1.82) is 0 Å². The van der Waals surface area contributed by atoms with Crippen LogP contribution in [0.5, 0.6) is 5.88 Å². The molecule has 1 aliphatic carbocycles. The lowest BCUT2D eigenvalue weighted by atomic mass is 9.84. The van der Waals surface area contributed by atoms with Gasteiger partial charge in [0, 0.05) is 30.6 Å². The number of ether oxygens (including phenoxy) is 3. The number of aryl methyl sites for hydroxylation is 1. The predicted octanol–water partition coefficient (Wildman–Crippen LogP) is 2.33. The van der Waals surface area contributed by atoms with E-state index in [9.17, 15) is 19.5 Å². The smallest absolute Gasteiger partial charge is 0.407 e. The summed E-state index contributed by atoms with van der Waals surface area (Å²) in [6.07, 6.45) is 0.135. The molecule has 0 aromatic carbocycles. The molecule has 9 heteroatoms. The van der Waals surface area contributed by atoms with Crippen LogP contribution in [0.25, 0.3) is 0 Å². The highest BCUT2D eigenvalue weighted by Gasteiger charge is 2.53. The summed E-state index contributed by atoms with van der Waals surface area (Å²) in [6.45, 7) is 9.63. The summed E-state index contributed by atoms with van der Waals surface area (Å²) in [6, 6.07) is 0. The van der Waals surface area contributed by atoms with Gasteiger partial charge in [-0.2, -0.15) is 0 Å². The number of pyridine rings is 1. The first kappa shape index (κ1) is 23.4. The van der Waals surface area contributed by atoms with Crippen molar-refractivity contribution in [1.82, 2.24) is 10.3 Å². The number of carboxylic acid groups (broad SMARTS) is 1. The number of nitrogens with zero attached hydrogens (tertiary/aromatic N) is 1. The summed E-state index contributed by atoms with van der Waals surface area (Å²) in [5.74, 6) is -1.57. The molecule has 0 saturated carbocycles. The third-order valence-electron chi connectivity index (χ3n) is 5.01. The number of esters is 1. The Morgan fingerprint density at radius 3 is 2.37 bits per heavy atom. The Morgan fingerprint density at radius 1 is 1.17 bits per heavy atom. The van der Waals surface area contributed by atoms with Crippen LogP contribution in [-0.4, -0.2) is 54.0 Å². The van der Waals surface area contributed by atoms with Gasteiger partial charge in [-0.1, -0.05) is 0 Å². The molecule has 0 saturated heterocycles. The molecule has 1 aromatic heterocycles. The molecule has 9 nitrogen and oxygen atoms in total. The topological polar surface area (TPSA) is 124 Å². The largest absolute Gasteiger partial charge is 0.480 e. The number of rotatable bonds is 7. The molecule has 2 N–H and O–H groups in total. The highest BCUT2D eigenvalue weighted by molar-refractivity contribution is 6.00. The molecule has 30 heavy (non-hydrogen) atoms. The second-order valence-electron chi connectivity index (χ2n) is 8.45. The first-order chi connectivity index (χ1) is 13.9. The fourth-order valence-electron chi connectivity index (χ4n) is 3.48. The highest BCUT2D eigenvalue weighted by Crippen LogP contribution is 2.42. The van der Waals surface area contributed by atoms with E-state index in [2.05, 4.69) is 10.3 Å². The van der Waals surface area contributed by atoms with E-state index in [0.29, 0.717) is 36.7 Å². The van der Waals surface area contributed by atoms with Crippen molar-refractivity contribution in [2.45, 2.75) is 59.5 Å². The zero-order chi connectivity index (χ0) is 22.7. The molecule has 0 radical (unpaired) electrons. The zero-order valence-electron chi connectivity index (χ0n) is 18.4. The van der Waals surface area contributed by atoms with E-state index >= 15 is 0 Å². The number of alkyl carbamates (subject to hydrolysis) is 1. The molecule has 1 aliphatic rings. The Kier molecular flexibility index (Phi) is 6.95. The maximum atomic E-state index is 12.2. The summed E-state index contributed by atoms with van der Waals surface area (Å²) in [5, 5.41) is 12.4. The standard InChI is InChI=1S/C21H30N2O7/c1-12-14-10-21(17(24)25,18(26)28-6)11-15(14)13(2)23-16(12)29-9-7-8-22-19(27)30-20(3,4)5/h7-11H2,1-6H3,(H,22,27)(H,24,25). The Bertz CT molecular complexity index is 845. The summed E-state index contributed by atoms with van der Waals surface area (Å²) in [7, 11) is 1.19. The van der Waals surface area contributed by atoms with Gasteiger partial charge in [-0.25, -0.2) is 9.78 Å². The number of amides is 1. The van der Waals surface area contributed by atoms with E-state index in [-0.39, 0.29) is 12.8 Å². The molecule has 1 unspecified atom stereocenters. The first-order valence-electron chi connectivity index (χ1n) is 9.81. The molecule has 2 rings (SSSR count). The van der Waals surface area contributed by atoms with Crippen LogP contribution in [0.3, 0.4) is 0 Å². The molecular formula is C21H30N2O7. The molecule has 0 bridgehead atoms. The number of aromatic nitrogens is 1. The van der Waals surface area contributed by atoms with Gasteiger partial charge in [0.05, 0.1) is 13.7 Å². The number of nitrogens with one attached hydrogen (secondary N) is 1. The van der Waals surface area contributed by atoms with Crippen LogP contribution >= 0.6 is 0 Å². The van der Waals surface area contributed by atoms with Crippen LogP contribution in [0.2, 0.25) is 0 Å². The predicted molar refractivity (Wildman–Crippen MR) is 108 cm³/mol. The Balaban J connectivity index is 2.03. The lowest BCUT2D eigenvalue weighted by molar-refractivity contribution is -0.166. The van der Waals surface area contributed by atoms with Crippen LogP contribution in [0.15, 0.2) is 0 Å². The van der Waals surface area contributed by atoms with Crippen molar-refractivity contribution in [3.8, 4) is 5.88 Å². The second-order valence-corrected chi connectivity index (χ2v) is 8.45. The molecular weight excluding hydrogens is 392 g/mol. The summed E-state index contributed by atoms with van der Waals surface area (Å²) < 4.78 is 15.7. The number of hydrogen-bond acceptors (Lipinski definition) is 7. The van der Waals surface area contributed by atoms with Gasteiger partial charge in [-0.3, -0.25) is 9.59 Å². The first-order valence-corrected chi connectivity index (χ1v) is 9.81. The van der Waals surface area contributed by atoms with Gasteiger partial charge in [0.25, 0.3) is 0 Å². The summed E-state index contributed by atoms with van der Waals surface area (Å²) in [4.78, 5) is 40.2. The average Bonchev–Trinajstić information content (AvgIpc) is 3.06. The molecule has 1 amide bonds. The molecule has 0 aliphatic heterocycles. The van der Waals surface area contributed by atoms with Gasteiger partial charge in [0.1, 0.15) is 5.60 Å². The van der Waals surface area contributed by atoms with Crippen LogP contribution < -0.4 is 10.1 Å². The maximum absolute atomic E-state index is 12.2. The van der Waals surface area contributed by atoms with Crippen molar-refractivity contribution >= 4 is 18.0 Å². The van der Waals surface area contributed by atoms with Gasteiger partial charge in [-0.05, 0) is 52.2 Å². The number of hydrogen-bond donors (Lipinski definition) is 2. The summed E-state index contributed by atoms with van der Waals surface area (Å²) in [5.41, 5.74) is 0.659. The number of aliphatic carboxylic acids is 1. The van der Waals surface area contributed by atoms with Crippen LogP contribution in [0.1, 0.15) is 49.6 Å². The monoisotopic (exact) mass is 422 g/mol. The van der Waals surface area contributed by atoms with Crippen LogP contribution in [0.4, 0.5) is 4.79 Å². The van der Waals surface area contributed by atoms with E-state index in [0.717, 1.165) is 11.1 Å². The normalized spacial score (nSPS) is 17.8. The third kappa shape index (κ3) is 5.01. The van der Waals surface area contributed by atoms with Gasteiger partial charge in [0.2, 0.25) is 5.88 Å². The number of carboxylic acids is 1. The number of carbonyl (C=O) groups excluding carboxylic acids is 2. The molecule has 1 atom stereocenters. The lowest BCUT2D eigenvalue weighted by Gasteiger charge is -2.20. The van der Waals surface area contributed by atoms with E-state index in [1.54, 1.807) is 34.6 Å². The minimum absolute atomic E-state index is 0.0378. The van der Waals surface area contributed by atoms with Gasteiger partial charge in [-0.15, -0.1) is 0 Å². The molecule has 0 spiro atoms. The SMILES string of the molecule is COC(=O)C1(C(=O)O)Cc2c(C)nc(OCCCNC(=O)OC(C)(C)C)c(C)c2C1. The van der Waals surface area contributed by atoms with E-state index in [4.69, 9.17) is 14.2 Å². The number of methoxy groups -OCH3 is 1. The zero-order valence-corrected chi connectivity index (χ0v) is 18.4. The van der Waals surface area contributed by atoms with Crippen molar-refractivity contribution in [2.24, 2.45) is 5.41 Å². The molecule has 166 valence electrons. The Labute approximate surface area is 176 Å². The van der Waals surface area contributed by atoms with Crippen molar-refractivity contribution in [3.63, 3.8) is 0 Å². The van der Waals surface area contributed by atoms with Gasteiger partial charge < -0.3 is 24.6 Å². The van der Waals surface area contributed by atoms with Crippen LogP contribution in [-0.2, 0) is 31.9 Å². The lowest BCUT2D eigenvalue weighted by Crippen LogP contribution is -2.41. The van der Waals surface area contributed by atoms with E-state index < -0.39 is 29.0 Å². The fourth-order valence-corrected chi connectivity index (χ4v) is 3.48. The minimum atomic E-state index is -1.63. The highest BCUT2D eigenvalue weighted by atomic mass is 16.6. The minimum Gasteiger partial charge on any atom is -0.480 e. The van der Waals surface area contributed by atoms with E-state index in [1.807, 2.05) is 0 Å². The molecule has 1 heterocycles. The van der Waals surface area contributed by atoms with Gasteiger partial charge >= 0.3 is 18.0 Å². The third-order valence-corrected chi connectivity index (χ3v) is 5.01. The number of fused-ring (bicyclic) bond motifs is 1. The van der Waals surface area contributed by atoms with Crippen molar-refractivity contribution in [2.75, 3.05) is 20.3 Å². The van der Waals surface area contributed by atoms with Crippen LogP contribution in [0, 0.1) is 19.3 Å².